The van der Waals surface area contributed by atoms with E-state index in [1.807, 2.05) is 24.3 Å². The summed E-state index contributed by atoms with van der Waals surface area (Å²) >= 11 is 1.39. The lowest BCUT2D eigenvalue weighted by Gasteiger charge is -2.15. The molecule has 1 unspecified atom stereocenters. The Balaban J connectivity index is 1.38. The van der Waals surface area contributed by atoms with Gasteiger partial charge in [0, 0.05) is 22.7 Å². The van der Waals surface area contributed by atoms with E-state index in [1.165, 1.54) is 25.8 Å². The van der Waals surface area contributed by atoms with Gasteiger partial charge in [0.15, 0.2) is 22.4 Å². The number of benzene rings is 2. The molecular formula is C23H25N3O4S. The molecular weight excluding hydrogens is 414 g/mol. The van der Waals surface area contributed by atoms with Gasteiger partial charge >= 0.3 is 0 Å². The molecule has 162 valence electrons. The summed E-state index contributed by atoms with van der Waals surface area (Å²) in [6, 6.07) is 13.4. The fraction of sp³-hybridized carbons (Fsp3) is 0.348. The number of Topliss-reactive ketones (excluding diaryl/α,β-unsaturated/α-hetero) is 1. The lowest BCUT2D eigenvalue weighted by atomic mass is 10.1. The van der Waals surface area contributed by atoms with Crippen LogP contribution in [-0.2, 0) is 0 Å². The second-order valence-electron chi connectivity index (χ2n) is 7.49. The molecule has 1 heterocycles. The first-order chi connectivity index (χ1) is 15.0. The average molecular weight is 440 g/mol. The van der Waals surface area contributed by atoms with Crippen molar-refractivity contribution < 1.29 is 19.4 Å². The van der Waals surface area contributed by atoms with E-state index in [4.69, 9.17) is 9.47 Å². The van der Waals surface area contributed by atoms with E-state index >= 15 is 0 Å². The van der Waals surface area contributed by atoms with Crippen molar-refractivity contribution in [1.82, 2.24) is 9.97 Å². The number of anilines is 1. The first-order valence-corrected chi connectivity index (χ1v) is 11.2. The number of carbonyl (C=O) groups is 1. The van der Waals surface area contributed by atoms with Gasteiger partial charge in [0.05, 0.1) is 18.7 Å². The number of para-hydroxylation sites is 1. The highest BCUT2D eigenvalue weighted by atomic mass is 32.2. The molecule has 1 aliphatic rings. The van der Waals surface area contributed by atoms with E-state index in [-0.39, 0.29) is 12.4 Å². The molecule has 1 atom stereocenters. The predicted octanol–water partition coefficient (Wildman–Crippen LogP) is 3.95. The maximum atomic E-state index is 11.5. The smallest absolute Gasteiger partial charge is 0.190 e. The fourth-order valence-corrected chi connectivity index (χ4v) is 3.82. The number of aromatic nitrogens is 2. The van der Waals surface area contributed by atoms with E-state index in [9.17, 15) is 9.90 Å². The number of rotatable bonds is 10. The number of nitrogens with one attached hydrogen (secondary N) is 1. The summed E-state index contributed by atoms with van der Waals surface area (Å²) < 4.78 is 11.0. The normalized spacial score (nSPS) is 14.3. The molecule has 2 aromatic carbocycles. The SMILES string of the molecule is COc1cc(C(C)=O)ccc1OCC(O)CSc1nc(NC2CC2)c2ccccc2n1. The maximum Gasteiger partial charge on any atom is 0.190 e. The number of thioether (sulfide) groups is 1. The highest BCUT2D eigenvalue weighted by Crippen LogP contribution is 2.31. The molecule has 0 bridgehead atoms. The fourth-order valence-electron chi connectivity index (χ4n) is 3.06. The van der Waals surface area contributed by atoms with Crippen LogP contribution in [0.2, 0.25) is 0 Å². The molecule has 0 saturated heterocycles. The van der Waals surface area contributed by atoms with E-state index in [1.54, 1.807) is 18.2 Å². The number of methoxy groups -OCH3 is 1. The van der Waals surface area contributed by atoms with Crippen LogP contribution >= 0.6 is 11.8 Å². The standard InChI is InChI=1S/C23H25N3O4S/c1-14(27)15-7-10-20(21(11-15)29-2)30-12-17(28)13-31-23-25-19-6-4-3-5-18(19)22(26-23)24-16-8-9-16/h3-7,10-11,16-17,28H,8-9,12-13H2,1-2H3,(H,24,25,26). The van der Waals surface area contributed by atoms with Gasteiger partial charge in [-0.3, -0.25) is 4.79 Å². The molecule has 4 rings (SSSR count). The molecule has 2 N–H and O–H groups in total. The summed E-state index contributed by atoms with van der Waals surface area (Å²) in [5.41, 5.74) is 1.42. The van der Waals surface area contributed by atoms with Crippen LogP contribution in [0.3, 0.4) is 0 Å². The first-order valence-electron chi connectivity index (χ1n) is 10.2. The van der Waals surface area contributed by atoms with Gasteiger partial charge in [-0.2, -0.15) is 0 Å². The van der Waals surface area contributed by atoms with Gasteiger partial charge in [-0.15, -0.1) is 0 Å². The van der Waals surface area contributed by atoms with Crippen LogP contribution in [0, 0.1) is 0 Å². The summed E-state index contributed by atoms with van der Waals surface area (Å²) in [7, 11) is 1.52. The van der Waals surface area contributed by atoms with Crippen molar-refractivity contribution in [3.8, 4) is 11.5 Å². The van der Waals surface area contributed by atoms with Crippen molar-refractivity contribution in [2.24, 2.45) is 0 Å². The largest absolute Gasteiger partial charge is 0.493 e. The van der Waals surface area contributed by atoms with Gasteiger partial charge in [0.1, 0.15) is 12.4 Å². The van der Waals surface area contributed by atoms with Gasteiger partial charge in [0.2, 0.25) is 0 Å². The predicted molar refractivity (Wildman–Crippen MR) is 121 cm³/mol. The Kier molecular flexibility index (Phi) is 6.58. The molecule has 0 aliphatic heterocycles. The van der Waals surface area contributed by atoms with Crippen LogP contribution in [0.15, 0.2) is 47.6 Å². The number of carbonyl (C=O) groups excluding carboxylic acids is 1. The van der Waals surface area contributed by atoms with E-state index in [0.29, 0.717) is 34.0 Å². The van der Waals surface area contributed by atoms with Gasteiger partial charge in [-0.25, -0.2) is 9.97 Å². The minimum Gasteiger partial charge on any atom is -0.493 e. The van der Waals surface area contributed by atoms with Crippen molar-refractivity contribution in [2.45, 2.75) is 37.1 Å². The summed E-state index contributed by atoms with van der Waals surface area (Å²) in [6.07, 6.45) is 1.60. The number of hydrogen-bond acceptors (Lipinski definition) is 8. The van der Waals surface area contributed by atoms with Crippen molar-refractivity contribution in [1.29, 1.82) is 0 Å². The zero-order valence-corrected chi connectivity index (χ0v) is 18.3. The molecule has 0 radical (unpaired) electrons. The molecule has 0 amide bonds. The quantitative estimate of drug-likeness (QED) is 0.279. The third-order valence-electron chi connectivity index (χ3n) is 4.91. The van der Waals surface area contributed by atoms with Crippen LogP contribution in [0.5, 0.6) is 11.5 Å². The topological polar surface area (TPSA) is 93.6 Å². The van der Waals surface area contributed by atoms with Gasteiger partial charge in [-0.1, -0.05) is 23.9 Å². The Morgan fingerprint density at radius 3 is 2.77 bits per heavy atom. The molecule has 8 heteroatoms. The summed E-state index contributed by atoms with van der Waals surface area (Å²) in [5, 5.41) is 15.5. The number of aliphatic hydroxyl groups excluding tert-OH is 1. The number of ketones is 1. The van der Waals surface area contributed by atoms with Crippen LogP contribution in [-0.4, -0.2) is 52.5 Å². The first kappa shape index (κ1) is 21.4. The molecule has 1 saturated carbocycles. The van der Waals surface area contributed by atoms with Gasteiger partial charge in [-0.05, 0) is 50.1 Å². The lowest BCUT2D eigenvalue weighted by Crippen LogP contribution is -2.20. The number of nitrogens with zero attached hydrogens (tertiary/aromatic N) is 2. The second-order valence-corrected chi connectivity index (χ2v) is 8.48. The van der Waals surface area contributed by atoms with Crippen molar-refractivity contribution >= 4 is 34.3 Å². The molecule has 1 aromatic heterocycles. The van der Waals surface area contributed by atoms with E-state index in [2.05, 4.69) is 15.3 Å². The second kappa shape index (κ2) is 9.53. The van der Waals surface area contributed by atoms with Gasteiger partial charge in [0.25, 0.3) is 0 Å². The summed E-state index contributed by atoms with van der Waals surface area (Å²) in [4.78, 5) is 20.8. The highest BCUT2D eigenvalue weighted by Gasteiger charge is 2.23. The molecule has 0 spiro atoms. The zero-order valence-electron chi connectivity index (χ0n) is 17.5. The number of hydrogen-bond donors (Lipinski definition) is 2. The lowest BCUT2D eigenvalue weighted by molar-refractivity contribution is 0.101. The van der Waals surface area contributed by atoms with Crippen molar-refractivity contribution in [2.75, 3.05) is 24.8 Å². The third kappa shape index (κ3) is 5.45. The molecule has 3 aromatic rings. The Labute approximate surface area is 185 Å². The van der Waals surface area contributed by atoms with E-state index < -0.39 is 6.10 Å². The maximum absolute atomic E-state index is 11.5. The minimum atomic E-state index is -0.725. The zero-order chi connectivity index (χ0) is 21.8. The van der Waals surface area contributed by atoms with Crippen LogP contribution in [0.4, 0.5) is 5.82 Å². The Morgan fingerprint density at radius 2 is 2.03 bits per heavy atom. The molecule has 1 aliphatic carbocycles. The van der Waals surface area contributed by atoms with Crippen LogP contribution < -0.4 is 14.8 Å². The monoisotopic (exact) mass is 439 g/mol. The molecule has 7 nitrogen and oxygen atoms in total. The molecule has 31 heavy (non-hydrogen) atoms. The average Bonchev–Trinajstić information content (AvgIpc) is 3.60. The number of fused-ring (bicyclic) bond motifs is 1. The van der Waals surface area contributed by atoms with Crippen molar-refractivity contribution in [3.63, 3.8) is 0 Å². The van der Waals surface area contributed by atoms with Crippen LogP contribution in [0.1, 0.15) is 30.1 Å². The number of aliphatic hydroxyl groups is 1. The Hall–Kier alpha value is -2.84. The van der Waals surface area contributed by atoms with Gasteiger partial charge < -0.3 is 19.9 Å². The van der Waals surface area contributed by atoms with E-state index in [0.717, 1.165) is 29.6 Å². The van der Waals surface area contributed by atoms with Crippen LogP contribution in [0.25, 0.3) is 10.9 Å². The highest BCUT2D eigenvalue weighted by molar-refractivity contribution is 7.99. The van der Waals surface area contributed by atoms with Crippen molar-refractivity contribution in [3.05, 3.63) is 48.0 Å². The minimum absolute atomic E-state index is 0.0489. The summed E-state index contributed by atoms with van der Waals surface area (Å²) in [6.45, 7) is 1.58. The Bertz CT molecular complexity index is 1090. The Morgan fingerprint density at radius 1 is 1.23 bits per heavy atom. The third-order valence-corrected chi connectivity index (χ3v) is 5.90. The number of ether oxygens (including phenoxy) is 2. The summed E-state index contributed by atoms with van der Waals surface area (Å²) in [5.74, 6) is 2.12. The molecule has 1 fully saturated rings.